The van der Waals surface area contributed by atoms with Crippen LogP contribution in [0.4, 0.5) is 5.69 Å². The average molecular weight is 231 g/mol. The number of hydrogen-bond acceptors (Lipinski definition) is 3. The molecule has 0 unspecified atom stereocenters. The van der Waals surface area contributed by atoms with Gasteiger partial charge in [0.05, 0.1) is 5.69 Å². The molecule has 1 aromatic heterocycles. The van der Waals surface area contributed by atoms with E-state index in [1.165, 1.54) is 13.0 Å². The lowest BCUT2D eigenvalue weighted by molar-refractivity contribution is -0.114. The molecule has 2 rings (SSSR count). The van der Waals surface area contributed by atoms with Crippen molar-refractivity contribution in [1.29, 1.82) is 0 Å². The zero-order valence-corrected chi connectivity index (χ0v) is 9.61. The molecule has 0 saturated carbocycles. The number of H-pyrrole nitrogens is 1. The van der Waals surface area contributed by atoms with Crippen molar-refractivity contribution in [2.45, 2.75) is 13.8 Å². The molecule has 3 N–H and O–H groups in total. The van der Waals surface area contributed by atoms with Gasteiger partial charge in [0.15, 0.2) is 0 Å². The lowest BCUT2D eigenvalue weighted by Crippen LogP contribution is -2.05. The van der Waals surface area contributed by atoms with Crippen LogP contribution in [0.3, 0.4) is 0 Å². The van der Waals surface area contributed by atoms with E-state index in [1.54, 1.807) is 12.1 Å². The number of aromatic hydroxyl groups is 1. The van der Waals surface area contributed by atoms with Crippen molar-refractivity contribution in [2.75, 3.05) is 5.32 Å². The standard InChI is InChI=1S/C12H13N3O2/c1-7-5-11(15-14-7)10-6-9(13-8(2)16)3-4-12(10)17/h3-6,17H,1-2H3,(H,13,16)(H,14,15). The van der Waals surface area contributed by atoms with E-state index >= 15 is 0 Å². The van der Waals surface area contributed by atoms with Crippen LogP contribution in [-0.4, -0.2) is 21.2 Å². The monoisotopic (exact) mass is 231 g/mol. The molecule has 5 nitrogen and oxygen atoms in total. The van der Waals surface area contributed by atoms with E-state index < -0.39 is 0 Å². The first kappa shape index (κ1) is 11.2. The van der Waals surface area contributed by atoms with Crippen LogP contribution in [0.1, 0.15) is 12.6 Å². The highest BCUT2D eigenvalue weighted by atomic mass is 16.3. The molecule has 1 aromatic carbocycles. The van der Waals surface area contributed by atoms with Crippen molar-refractivity contribution in [1.82, 2.24) is 10.2 Å². The number of aromatic amines is 1. The summed E-state index contributed by atoms with van der Waals surface area (Å²) in [6, 6.07) is 6.68. The fraction of sp³-hybridized carbons (Fsp3) is 0.167. The van der Waals surface area contributed by atoms with E-state index in [0.717, 1.165) is 5.69 Å². The molecule has 0 aliphatic rings. The van der Waals surface area contributed by atoms with Gasteiger partial charge in [0.25, 0.3) is 0 Å². The third kappa shape index (κ3) is 2.44. The van der Waals surface area contributed by atoms with Crippen molar-refractivity contribution in [2.24, 2.45) is 0 Å². The van der Waals surface area contributed by atoms with Gasteiger partial charge < -0.3 is 10.4 Å². The largest absolute Gasteiger partial charge is 0.507 e. The number of carbonyl (C=O) groups excluding carboxylic acids is 1. The number of aryl methyl sites for hydroxylation is 1. The van der Waals surface area contributed by atoms with Crippen molar-refractivity contribution in [3.63, 3.8) is 0 Å². The van der Waals surface area contributed by atoms with Gasteiger partial charge in [0, 0.05) is 23.9 Å². The second-order valence-corrected chi connectivity index (χ2v) is 3.85. The predicted molar refractivity (Wildman–Crippen MR) is 64.7 cm³/mol. The number of carbonyl (C=O) groups is 1. The summed E-state index contributed by atoms with van der Waals surface area (Å²) in [4.78, 5) is 11.0. The van der Waals surface area contributed by atoms with E-state index in [2.05, 4.69) is 15.5 Å². The maximum atomic E-state index is 11.0. The highest BCUT2D eigenvalue weighted by Crippen LogP contribution is 2.30. The molecule has 88 valence electrons. The van der Waals surface area contributed by atoms with E-state index in [0.29, 0.717) is 16.9 Å². The van der Waals surface area contributed by atoms with E-state index in [9.17, 15) is 9.90 Å². The van der Waals surface area contributed by atoms with Gasteiger partial charge in [0.1, 0.15) is 5.75 Å². The number of rotatable bonds is 2. The van der Waals surface area contributed by atoms with Gasteiger partial charge in [-0.2, -0.15) is 5.10 Å². The number of phenols is 1. The maximum absolute atomic E-state index is 11.0. The summed E-state index contributed by atoms with van der Waals surface area (Å²) in [6.07, 6.45) is 0. The summed E-state index contributed by atoms with van der Waals surface area (Å²) >= 11 is 0. The number of anilines is 1. The van der Waals surface area contributed by atoms with Crippen molar-refractivity contribution < 1.29 is 9.90 Å². The first-order valence-corrected chi connectivity index (χ1v) is 5.19. The van der Waals surface area contributed by atoms with E-state index in [4.69, 9.17) is 0 Å². The zero-order valence-electron chi connectivity index (χ0n) is 9.61. The number of benzene rings is 1. The second kappa shape index (κ2) is 4.29. The Morgan fingerprint density at radius 2 is 2.18 bits per heavy atom. The smallest absolute Gasteiger partial charge is 0.221 e. The number of phenolic OH excluding ortho intramolecular Hbond substituents is 1. The average Bonchev–Trinajstić information content (AvgIpc) is 2.67. The van der Waals surface area contributed by atoms with E-state index in [-0.39, 0.29) is 11.7 Å². The first-order valence-electron chi connectivity index (χ1n) is 5.19. The molecule has 17 heavy (non-hydrogen) atoms. The van der Waals surface area contributed by atoms with Gasteiger partial charge in [-0.25, -0.2) is 0 Å². The highest BCUT2D eigenvalue weighted by molar-refractivity contribution is 5.90. The molecule has 0 aliphatic carbocycles. The van der Waals surface area contributed by atoms with Crippen LogP contribution in [0.25, 0.3) is 11.3 Å². The molecule has 0 atom stereocenters. The van der Waals surface area contributed by atoms with Crippen molar-refractivity contribution >= 4 is 11.6 Å². The minimum Gasteiger partial charge on any atom is -0.507 e. The van der Waals surface area contributed by atoms with Crippen molar-refractivity contribution in [3.05, 3.63) is 30.0 Å². The lowest BCUT2D eigenvalue weighted by Gasteiger charge is -2.06. The van der Waals surface area contributed by atoms with Gasteiger partial charge in [-0.15, -0.1) is 0 Å². The molecule has 0 aliphatic heterocycles. The number of amides is 1. The Balaban J connectivity index is 2.42. The second-order valence-electron chi connectivity index (χ2n) is 3.85. The Kier molecular flexibility index (Phi) is 2.82. The van der Waals surface area contributed by atoms with Crippen LogP contribution in [-0.2, 0) is 4.79 Å². The number of aromatic nitrogens is 2. The highest BCUT2D eigenvalue weighted by Gasteiger charge is 2.09. The third-order valence-corrected chi connectivity index (χ3v) is 2.30. The quantitative estimate of drug-likeness (QED) is 0.692. The van der Waals surface area contributed by atoms with Crippen molar-refractivity contribution in [3.8, 4) is 17.0 Å². The van der Waals surface area contributed by atoms with E-state index in [1.807, 2.05) is 13.0 Å². The minimum absolute atomic E-state index is 0.130. The molecular weight excluding hydrogens is 218 g/mol. The Morgan fingerprint density at radius 3 is 2.76 bits per heavy atom. The maximum Gasteiger partial charge on any atom is 0.221 e. The van der Waals surface area contributed by atoms with Crippen LogP contribution >= 0.6 is 0 Å². The number of nitrogens with one attached hydrogen (secondary N) is 2. The molecule has 0 radical (unpaired) electrons. The van der Waals surface area contributed by atoms with Crippen LogP contribution in [0.15, 0.2) is 24.3 Å². The molecule has 0 fully saturated rings. The molecule has 0 bridgehead atoms. The Labute approximate surface area is 98.5 Å². The van der Waals surface area contributed by atoms with Gasteiger partial charge in [-0.3, -0.25) is 9.89 Å². The summed E-state index contributed by atoms with van der Waals surface area (Å²) in [7, 11) is 0. The number of hydrogen-bond donors (Lipinski definition) is 3. The minimum atomic E-state index is -0.153. The van der Waals surface area contributed by atoms with Gasteiger partial charge in [-0.05, 0) is 31.2 Å². The molecule has 5 heteroatoms. The normalized spacial score (nSPS) is 10.2. The van der Waals surface area contributed by atoms with Gasteiger partial charge >= 0.3 is 0 Å². The van der Waals surface area contributed by atoms with Gasteiger partial charge in [-0.1, -0.05) is 0 Å². The molecule has 2 aromatic rings. The summed E-state index contributed by atoms with van der Waals surface area (Å²) < 4.78 is 0. The fourth-order valence-electron chi connectivity index (χ4n) is 1.58. The van der Waals surface area contributed by atoms with Gasteiger partial charge in [0.2, 0.25) is 5.91 Å². The number of nitrogens with zero attached hydrogens (tertiary/aromatic N) is 1. The molecular formula is C12H13N3O2. The topological polar surface area (TPSA) is 78.0 Å². The molecule has 1 amide bonds. The SMILES string of the molecule is CC(=O)Nc1ccc(O)c(-c2cc(C)[nH]n2)c1. The molecule has 0 spiro atoms. The van der Waals surface area contributed by atoms with Crippen LogP contribution in [0.5, 0.6) is 5.75 Å². The Hall–Kier alpha value is -2.30. The Morgan fingerprint density at radius 1 is 1.41 bits per heavy atom. The third-order valence-electron chi connectivity index (χ3n) is 2.30. The van der Waals surface area contributed by atoms with Crippen LogP contribution < -0.4 is 5.32 Å². The zero-order chi connectivity index (χ0) is 12.4. The van der Waals surface area contributed by atoms with Crippen LogP contribution in [0, 0.1) is 6.92 Å². The molecule has 0 saturated heterocycles. The lowest BCUT2D eigenvalue weighted by atomic mass is 10.1. The Bertz CT molecular complexity index is 561. The summed E-state index contributed by atoms with van der Waals surface area (Å²) in [5, 5.41) is 19.3. The molecule has 1 heterocycles. The van der Waals surface area contributed by atoms with Crippen LogP contribution in [0.2, 0.25) is 0 Å². The fourth-order valence-corrected chi connectivity index (χ4v) is 1.58. The summed E-state index contributed by atoms with van der Waals surface area (Å²) in [6.45, 7) is 3.32. The first-order chi connectivity index (χ1) is 8.06. The summed E-state index contributed by atoms with van der Waals surface area (Å²) in [5.41, 5.74) is 2.77. The predicted octanol–water partition coefficient (Wildman–Crippen LogP) is 2.05. The summed E-state index contributed by atoms with van der Waals surface area (Å²) in [5.74, 6) is -0.0227.